The van der Waals surface area contributed by atoms with Crippen LogP contribution in [0.5, 0.6) is 0 Å². The molecule has 134 valence electrons. The summed E-state index contributed by atoms with van der Waals surface area (Å²) in [7, 11) is 0. The average molecular weight is 409 g/mol. The van der Waals surface area contributed by atoms with Crippen LogP contribution in [0, 0.1) is 0 Å². The maximum absolute atomic E-state index is 12.2. The van der Waals surface area contributed by atoms with Crippen LogP contribution >= 0.6 is 35.0 Å². The molecule has 0 unspecified atom stereocenters. The zero-order valence-corrected chi connectivity index (χ0v) is 15.7. The highest BCUT2D eigenvalue weighted by Gasteiger charge is 2.13. The monoisotopic (exact) mass is 408 g/mol. The molecule has 0 spiro atoms. The molecule has 0 atom stereocenters. The summed E-state index contributed by atoms with van der Waals surface area (Å²) in [6, 6.07) is 14.4. The van der Waals surface area contributed by atoms with E-state index in [9.17, 15) is 9.59 Å². The van der Waals surface area contributed by atoms with E-state index >= 15 is 0 Å². The number of carbonyl (C=O) groups excluding carboxylic acids is 1. The molecule has 2 N–H and O–H groups in total. The number of H-pyrrole nitrogens is 1. The van der Waals surface area contributed by atoms with Crippen molar-refractivity contribution in [1.82, 2.24) is 14.8 Å². The second-order valence-corrected chi connectivity index (χ2v) is 7.13. The molecular formula is C17H14Cl2N4O2S. The van der Waals surface area contributed by atoms with Gasteiger partial charge >= 0.3 is 5.69 Å². The van der Waals surface area contributed by atoms with Crippen molar-refractivity contribution in [3.8, 4) is 0 Å². The van der Waals surface area contributed by atoms with E-state index in [1.54, 1.807) is 18.2 Å². The third kappa shape index (κ3) is 4.69. The van der Waals surface area contributed by atoms with E-state index in [4.69, 9.17) is 23.2 Å². The van der Waals surface area contributed by atoms with Gasteiger partial charge in [-0.1, -0.05) is 65.3 Å². The number of benzene rings is 2. The Labute approximate surface area is 163 Å². The van der Waals surface area contributed by atoms with Gasteiger partial charge in [-0.3, -0.25) is 9.36 Å². The van der Waals surface area contributed by atoms with E-state index in [-0.39, 0.29) is 17.3 Å². The van der Waals surface area contributed by atoms with Crippen LogP contribution in [0.3, 0.4) is 0 Å². The van der Waals surface area contributed by atoms with Crippen LogP contribution < -0.4 is 11.0 Å². The molecule has 26 heavy (non-hydrogen) atoms. The van der Waals surface area contributed by atoms with Gasteiger partial charge in [0.05, 0.1) is 23.0 Å². The number of amides is 1. The quantitative estimate of drug-likeness (QED) is 0.609. The molecule has 0 saturated heterocycles. The van der Waals surface area contributed by atoms with Gasteiger partial charge < -0.3 is 5.32 Å². The normalized spacial score (nSPS) is 10.7. The second-order valence-electron chi connectivity index (χ2n) is 5.34. The van der Waals surface area contributed by atoms with Gasteiger partial charge in [-0.2, -0.15) is 0 Å². The number of halogens is 2. The summed E-state index contributed by atoms with van der Waals surface area (Å²) in [4.78, 5) is 24.1. The molecule has 3 rings (SSSR count). The van der Waals surface area contributed by atoms with E-state index in [0.29, 0.717) is 27.4 Å². The lowest BCUT2D eigenvalue weighted by molar-refractivity contribution is -0.113. The van der Waals surface area contributed by atoms with E-state index in [1.807, 2.05) is 30.3 Å². The lowest BCUT2D eigenvalue weighted by Gasteiger charge is -2.08. The first-order chi connectivity index (χ1) is 12.5. The van der Waals surface area contributed by atoms with Gasteiger partial charge in [-0.05, 0) is 23.8 Å². The number of nitrogens with one attached hydrogen (secondary N) is 2. The smallest absolute Gasteiger partial charge is 0.324 e. The van der Waals surface area contributed by atoms with Gasteiger partial charge in [-0.15, -0.1) is 5.10 Å². The molecule has 3 aromatic rings. The zero-order valence-electron chi connectivity index (χ0n) is 13.4. The molecule has 0 fully saturated rings. The molecule has 0 radical (unpaired) electrons. The summed E-state index contributed by atoms with van der Waals surface area (Å²) >= 11 is 13.1. The number of anilines is 1. The van der Waals surface area contributed by atoms with Crippen molar-refractivity contribution in [1.29, 1.82) is 0 Å². The first kappa shape index (κ1) is 18.6. The maximum Gasteiger partial charge on any atom is 0.344 e. The van der Waals surface area contributed by atoms with Crippen molar-refractivity contribution >= 4 is 46.6 Å². The van der Waals surface area contributed by atoms with Gasteiger partial charge in [0.15, 0.2) is 5.16 Å². The molecule has 0 aliphatic carbocycles. The third-order valence-corrected chi connectivity index (χ3v) is 4.98. The SMILES string of the molecule is O=C(CSc1n[nH]c(=O)n1Cc1ccccc1)Nc1cc(Cl)ccc1Cl. The van der Waals surface area contributed by atoms with Gasteiger partial charge in [0.25, 0.3) is 0 Å². The number of aromatic amines is 1. The lowest BCUT2D eigenvalue weighted by atomic mass is 10.2. The number of carbonyl (C=O) groups is 1. The minimum Gasteiger partial charge on any atom is -0.324 e. The Morgan fingerprint density at radius 1 is 1.19 bits per heavy atom. The number of rotatable bonds is 6. The van der Waals surface area contributed by atoms with Crippen LogP contribution in [-0.2, 0) is 11.3 Å². The van der Waals surface area contributed by atoms with Crippen LogP contribution in [-0.4, -0.2) is 26.4 Å². The fraction of sp³-hybridized carbons (Fsp3) is 0.118. The van der Waals surface area contributed by atoms with E-state index < -0.39 is 0 Å². The summed E-state index contributed by atoms with van der Waals surface area (Å²) in [6.07, 6.45) is 0. The molecule has 1 aromatic heterocycles. The van der Waals surface area contributed by atoms with Crippen molar-refractivity contribution in [2.24, 2.45) is 0 Å². The van der Waals surface area contributed by atoms with Crippen LogP contribution in [0.25, 0.3) is 0 Å². The Hall–Kier alpha value is -2.22. The molecule has 0 aliphatic heterocycles. The van der Waals surface area contributed by atoms with Crippen molar-refractivity contribution in [3.05, 3.63) is 74.6 Å². The molecule has 2 aromatic carbocycles. The highest BCUT2D eigenvalue weighted by Crippen LogP contribution is 2.25. The summed E-state index contributed by atoms with van der Waals surface area (Å²) < 4.78 is 1.49. The van der Waals surface area contributed by atoms with Gasteiger partial charge in [-0.25, -0.2) is 9.89 Å². The van der Waals surface area contributed by atoms with E-state index in [2.05, 4.69) is 15.5 Å². The van der Waals surface area contributed by atoms with Crippen LogP contribution in [0.1, 0.15) is 5.56 Å². The summed E-state index contributed by atoms with van der Waals surface area (Å²) in [5.74, 6) is -0.206. The van der Waals surface area contributed by atoms with Gasteiger partial charge in [0, 0.05) is 5.02 Å². The van der Waals surface area contributed by atoms with Gasteiger partial charge in [0.2, 0.25) is 5.91 Å². The molecule has 6 nitrogen and oxygen atoms in total. The topological polar surface area (TPSA) is 79.8 Å². The molecule has 0 aliphatic rings. The number of thioether (sulfide) groups is 1. The standard InChI is InChI=1S/C17H14Cl2N4O2S/c18-12-6-7-13(19)14(8-12)20-15(24)10-26-17-22-21-16(25)23(17)9-11-4-2-1-3-5-11/h1-8H,9-10H2,(H,20,24)(H,21,25). The summed E-state index contributed by atoms with van der Waals surface area (Å²) in [6.45, 7) is 0.375. The van der Waals surface area contributed by atoms with Crippen LogP contribution in [0.15, 0.2) is 58.5 Å². The largest absolute Gasteiger partial charge is 0.344 e. The van der Waals surface area contributed by atoms with Crippen molar-refractivity contribution in [2.75, 3.05) is 11.1 Å². The number of hydrogen-bond donors (Lipinski definition) is 2. The van der Waals surface area contributed by atoms with Crippen molar-refractivity contribution < 1.29 is 4.79 Å². The van der Waals surface area contributed by atoms with Gasteiger partial charge in [0.1, 0.15) is 0 Å². The third-order valence-electron chi connectivity index (χ3n) is 3.44. The number of nitrogens with zero attached hydrogens (tertiary/aromatic N) is 2. The summed E-state index contributed by atoms with van der Waals surface area (Å²) in [5.41, 5.74) is 1.08. The zero-order chi connectivity index (χ0) is 18.5. The fourth-order valence-electron chi connectivity index (χ4n) is 2.23. The highest BCUT2D eigenvalue weighted by atomic mass is 35.5. The predicted molar refractivity (Wildman–Crippen MR) is 104 cm³/mol. The second kappa shape index (κ2) is 8.44. The molecule has 0 bridgehead atoms. The van der Waals surface area contributed by atoms with E-state index in [0.717, 1.165) is 17.3 Å². The molecule has 1 heterocycles. The van der Waals surface area contributed by atoms with E-state index in [1.165, 1.54) is 4.57 Å². The summed E-state index contributed by atoms with van der Waals surface area (Å²) in [5, 5.41) is 10.4. The first-order valence-corrected chi connectivity index (χ1v) is 9.34. The Bertz CT molecular complexity index is 972. The molecular weight excluding hydrogens is 395 g/mol. The van der Waals surface area contributed by atoms with Crippen molar-refractivity contribution in [2.45, 2.75) is 11.7 Å². The fourth-order valence-corrected chi connectivity index (χ4v) is 3.31. The molecule has 9 heteroatoms. The Morgan fingerprint density at radius 3 is 2.73 bits per heavy atom. The molecule has 0 saturated carbocycles. The Morgan fingerprint density at radius 2 is 1.96 bits per heavy atom. The van der Waals surface area contributed by atoms with Crippen LogP contribution in [0.2, 0.25) is 10.0 Å². The minimum atomic E-state index is -0.324. The predicted octanol–water partition coefficient (Wildman–Crippen LogP) is 3.66. The average Bonchev–Trinajstić information content (AvgIpc) is 2.97. The van der Waals surface area contributed by atoms with Crippen LogP contribution in [0.4, 0.5) is 5.69 Å². The Balaban J connectivity index is 1.65. The maximum atomic E-state index is 12.2. The molecule has 1 amide bonds. The minimum absolute atomic E-state index is 0.0714. The van der Waals surface area contributed by atoms with Crippen molar-refractivity contribution in [3.63, 3.8) is 0 Å². The number of hydrogen-bond acceptors (Lipinski definition) is 4. The number of aromatic nitrogens is 3. The lowest BCUT2D eigenvalue weighted by Crippen LogP contribution is -2.19. The Kier molecular flexibility index (Phi) is 6.03. The highest BCUT2D eigenvalue weighted by molar-refractivity contribution is 7.99. The first-order valence-electron chi connectivity index (χ1n) is 7.60.